The van der Waals surface area contributed by atoms with E-state index in [4.69, 9.17) is 4.74 Å². The molecule has 0 spiro atoms. The lowest BCUT2D eigenvalue weighted by Crippen LogP contribution is -2.17. The highest BCUT2D eigenvalue weighted by molar-refractivity contribution is 5.81. The Morgan fingerprint density at radius 2 is 2.12 bits per heavy atom. The molecule has 1 fully saturated rings. The number of hydrogen-bond acceptors (Lipinski definition) is 4. The standard InChI is InChI=1S/C13H16N2O2/c16-11-3-1-9(2-4-11)12-8-17-13(15-12)10-5-6-14-7-10/h1-4,10,12,14,16H,5-8H2. The highest BCUT2D eigenvalue weighted by Crippen LogP contribution is 2.27. The largest absolute Gasteiger partial charge is 0.508 e. The number of rotatable bonds is 2. The van der Waals surface area contributed by atoms with Gasteiger partial charge in [-0.2, -0.15) is 0 Å². The van der Waals surface area contributed by atoms with Crippen molar-refractivity contribution in [2.45, 2.75) is 12.5 Å². The molecular formula is C13H16N2O2. The SMILES string of the molecule is Oc1ccc(C2COC(C3CCNC3)=N2)cc1. The van der Waals surface area contributed by atoms with Gasteiger partial charge >= 0.3 is 0 Å². The Hall–Kier alpha value is -1.55. The maximum atomic E-state index is 9.25. The summed E-state index contributed by atoms with van der Waals surface area (Å²) < 4.78 is 5.68. The van der Waals surface area contributed by atoms with Crippen LogP contribution < -0.4 is 5.32 Å². The molecule has 3 rings (SSSR count). The minimum Gasteiger partial charge on any atom is -0.508 e. The molecule has 2 heterocycles. The third kappa shape index (κ3) is 2.13. The molecule has 2 atom stereocenters. The Morgan fingerprint density at radius 3 is 2.82 bits per heavy atom. The second-order valence-corrected chi connectivity index (χ2v) is 4.58. The Kier molecular flexibility index (Phi) is 2.73. The van der Waals surface area contributed by atoms with Gasteiger partial charge in [0.1, 0.15) is 18.4 Å². The van der Waals surface area contributed by atoms with Crippen molar-refractivity contribution < 1.29 is 9.84 Å². The quantitative estimate of drug-likeness (QED) is 0.812. The summed E-state index contributed by atoms with van der Waals surface area (Å²) in [6.45, 7) is 2.65. The summed E-state index contributed by atoms with van der Waals surface area (Å²) in [5, 5.41) is 12.6. The zero-order valence-corrected chi connectivity index (χ0v) is 9.60. The third-order valence-electron chi connectivity index (χ3n) is 3.36. The zero-order chi connectivity index (χ0) is 11.7. The molecular weight excluding hydrogens is 216 g/mol. The van der Waals surface area contributed by atoms with Crippen LogP contribution in [0.4, 0.5) is 0 Å². The fourth-order valence-electron chi connectivity index (χ4n) is 2.35. The van der Waals surface area contributed by atoms with E-state index in [2.05, 4.69) is 10.3 Å². The molecule has 4 nitrogen and oxygen atoms in total. The Labute approximate surface area is 100 Å². The molecule has 17 heavy (non-hydrogen) atoms. The van der Waals surface area contributed by atoms with Crippen LogP contribution in [0.15, 0.2) is 29.3 Å². The molecule has 90 valence electrons. The van der Waals surface area contributed by atoms with Gasteiger partial charge in [-0.1, -0.05) is 12.1 Å². The first kappa shape index (κ1) is 10.6. The normalized spacial score (nSPS) is 27.9. The van der Waals surface area contributed by atoms with Crippen molar-refractivity contribution >= 4 is 5.90 Å². The number of nitrogens with one attached hydrogen (secondary N) is 1. The number of aliphatic imine (C=N–C) groups is 1. The Morgan fingerprint density at radius 1 is 1.29 bits per heavy atom. The number of phenolic OH excluding ortho intramolecular Hbond substituents is 1. The van der Waals surface area contributed by atoms with Crippen molar-refractivity contribution in [1.82, 2.24) is 5.32 Å². The zero-order valence-electron chi connectivity index (χ0n) is 9.60. The second kappa shape index (κ2) is 4.37. The van der Waals surface area contributed by atoms with Gasteiger partial charge in [0.25, 0.3) is 0 Å². The molecule has 0 amide bonds. The molecule has 1 aromatic rings. The van der Waals surface area contributed by atoms with E-state index in [9.17, 15) is 5.11 Å². The molecule has 2 aliphatic rings. The number of hydrogen-bond donors (Lipinski definition) is 2. The van der Waals surface area contributed by atoms with E-state index in [0.717, 1.165) is 31.0 Å². The van der Waals surface area contributed by atoms with Crippen LogP contribution in [0, 0.1) is 5.92 Å². The molecule has 4 heteroatoms. The second-order valence-electron chi connectivity index (χ2n) is 4.58. The van der Waals surface area contributed by atoms with Gasteiger partial charge in [0.2, 0.25) is 0 Å². The van der Waals surface area contributed by atoms with Gasteiger partial charge in [-0.3, -0.25) is 0 Å². The molecule has 1 saturated heterocycles. The van der Waals surface area contributed by atoms with Crippen LogP contribution in [0.25, 0.3) is 0 Å². The summed E-state index contributed by atoms with van der Waals surface area (Å²) in [6, 6.07) is 7.29. The lowest BCUT2D eigenvalue weighted by molar-refractivity contribution is 0.301. The minimum atomic E-state index is 0.0891. The van der Waals surface area contributed by atoms with Crippen LogP contribution in [-0.2, 0) is 4.74 Å². The highest BCUT2D eigenvalue weighted by Gasteiger charge is 2.28. The molecule has 0 saturated carbocycles. The number of benzene rings is 1. The molecule has 2 N–H and O–H groups in total. The van der Waals surface area contributed by atoms with Crippen LogP contribution in [0.5, 0.6) is 5.75 Å². The van der Waals surface area contributed by atoms with E-state index in [1.165, 1.54) is 0 Å². The lowest BCUT2D eigenvalue weighted by Gasteiger charge is -2.06. The van der Waals surface area contributed by atoms with Crippen LogP contribution in [0.3, 0.4) is 0 Å². The first-order chi connectivity index (χ1) is 8.33. The Balaban J connectivity index is 1.75. The lowest BCUT2D eigenvalue weighted by atomic mass is 10.1. The van der Waals surface area contributed by atoms with Crippen molar-refractivity contribution in [2.75, 3.05) is 19.7 Å². The van der Waals surface area contributed by atoms with E-state index >= 15 is 0 Å². The number of nitrogens with zero attached hydrogens (tertiary/aromatic N) is 1. The van der Waals surface area contributed by atoms with E-state index < -0.39 is 0 Å². The molecule has 0 aliphatic carbocycles. The van der Waals surface area contributed by atoms with Gasteiger partial charge in [0, 0.05) is 12.5 Å². The van der Waals surface area contributed by atoms with Crippen molar-refractivity contribution in [1.29, 1.82) is 0 Å². The van der Waals surface area contributed by atoms with Gasteiger partial charge in [-0.25, -0.2) is 4.99 Å². The van der Waals surface area contributed by atoms with Crippen LogP contribution >= 0.6 is 0 Å². The summed E-state index contributed by atoms with van der Waals surface area (Å²) in [5.74, 6) is 1.63. The summed E-state index contributed by atoms with van der Waals surface area (Å²) >= 11 is 0. The van der Waals surface area contributed by atoms with Crippen molar-refractivity contribution in [2.24, 2.45) is 10.9 Å². The molecule has 1 aromatic carbocycles. The fourth-order valence-corrected chi connectivity index (χ4v) is 2.35. The predicted molar refractivity (Wildman–Crippen MR) is 65.2 cm³/mol. The third-order valence-corrected chi connectivity index (χ3v) is 3.36. The van der Waals surface area contributed by atoms with E-state index in [-0.39, 0.29) is 11.8 Å². The Bertz CT molecular complexity index is 422. The topological polar surface area (TPSA) is 53.9 Å². The number of ether oxygens (including phenoxy) is 1. The summed E-state index contributed by atoms with van der Waals surface area (Å²) in [5.41, 5.74) is 1.10. The van der Waals surface area contributed by atoms with Gasteiger partial charge in [0.05, 0.1) is 0 Å². The molecule has 0 bridgehead atoms. The van der Waals surface area contributed by atoms with E-state index in [1.54, 1.807) is 12.1 Å². The van der Waals surface area contributed by atoms with Crippen molar-refractivity contribution in [3.63, 3.8) is 0 Å². The maximum absolute atomic E-state index is 9.25. The molecule has 2 aliphatic heterocycles. The summed E-state index contributed by atoms with van der Waals surface area (Å²) in [6.07, 6.45) is 1.11. The van der Waals surface area contributed by atoms with Gasteiger partial charge < -0.3 is 15.2 Å². The number of aromatic hydroxyl groups is 1. The summed E-state index contributed by atoms with van der Waals surface area (Å²) in [4.78, 5) is 4.64. The van der Waals surface area contributed by atoms with Crippen molar-refractivity contribution in [3.8, 4) is 5.75 Å². The van der Waals surface area contributed by atoms with Gasteiger partial charge in [-0.15, -0.1) is 0 Å². The van der Waals surface area contributed by atoms with E-state index in [0.29, 0.717) is 12.5 Å². The van der Waals surface area contributed by atoms with Crippen molar-refractivity contribution in [3.05, 3.63) is 29.8 Å². The maximum Gasteiger partial charge on any atom is 0.188 e. The number of phenols is 1. The molecule has 0 radical (unpaired) electrons. The van der Waals surface area contributed by atoms with Crippen LogP contribution in [0.1, 0.15) is 18.0 Å². The average Bonchev–Trinajstić information content (AvgIpc) is 3.00. The van der Waals surface area contributed by atoms with E-state index in [1.807, 2.05) is 12.1 Å². The smallest absolute Gasteiger partial charge is 0.188 e. The van der Waals surface area contributed by atoms with Crippen LogP contribution in [0.2, 0.25) is 0 Å². The van der Waals surface area contributed by atoms with Gasteiger partial charge in [-0.05, 0) is 30.7 Å². The molecule has 0 aromatic heterocycles. The first-order valence-corrected chi connectivity index (χ1v) is 6.03. The molecule has 2 unspecified atom stereocenters. The minimum absolute atomic E-state index is 0.0891. The van der Waals surface area contributed by atoms with Gasteiger partial charge in [0.15, 0.2) is 5.90 Å². The highest BCUT2D eigenvalue weighted by atomic mass is 16.5. The summed E-state index contributed by atoms with van der Waals surface area (Å²) in [7, 11) is 0. The monoisotopic (exact) mass is 232 g/mol. The predicted octanol–water partition coefficient (Wildman–Crippen LogP) is 1.47. The van der Waals surface area contributed by atoms with Crippen LogP contribution in [-0.4, -0.2) is 30.7 Å². The first-order valence-electron chi connectivity index (χ1n) is 6.03. The average molecular weight is 232 g/mol. The fraction of sp³-hybridized carbons (Fsp3) is 0.462.